The van der Waals surface area contributed by atoms with Gasteiger partial charge in [0.15, 0.2) is 0 Å². The second-order valence-electron chi connectivity index (χ2n) is 3.90. The average molecular weight is 241 g/mol. The normalized spacial score (nSPS) is 10.1. The highest BCUT2D eigenvalue weighted by Crippen LogP contribution is 2.25. The summed E-state index contributed by atoms with van der Waals surface area (Å²) in [5, 5.41) is 0. The van der Waals surface area contributed by atoms with Gasteiger partial charge in [0, 0.05) is 11.1 Å². The highest BCUT2D eigenvalue weighted by atomic mass is 19.1. The molecule has 0 fully saturated rings. The largest absolute Gasteiger partial charge is 0.366 e. The van der Waals surface area contributed by atoms with Gasteiger partial charge >= 0.3 is 0 Å². The van der Waals surface area contributed by atoms with Gasteiger partial charge in [-0.3, -0.25) is 4.79 Å². The monoisotopic (exact) mass is 241 g/mol. The first kappa shape index (κ1) is 12.0. The first-order valence-electron chi connectivity index (χ1n) is 5.43. The second kappa shape index (κ2) is 4.84. The summed E-state index contributed by atoms with van der Waals surface area (Å²) in [6.45, 7) is 3.53. The summed E-state index contributed by atoms with van der Waals surface area (Å²) < 4.78 is 14.0. The Kier molecular flexibility index (Phi) is 3.24. The molecule has 0 aliphatic carbocycles. The maximum Gasteiger partial charge on any atom is 0.248 e. The number of carbonyl (C=O) groups excluding carboxylic acids is 1. The molecule has 0 aliphatic rings. The molecule has 18 heavy (non-hydrogen) atoms. The minimum atomic E-state index is -0.651. The Balaban J connectivity index is 2.43. The molecule has 90 valence electrons. The van der Waals surface area contributed by atoms with Crippen LogP contribution in [0.1, 0.15) is 5.56 Å². The summed E-state index contributed by atoms with van der Waals surface area (Å²) in [5.41, 5.74) is 6.88. The van der Waals surface area contributed by atoms with Gasteiger partial charge in [0.05, 0.1) is 0 Å². The van der Waals surface area contributed by atoms with E-state index in [1.54, 1.807) is 12.1 Å². The van der Waals surface area contributed by atoms with Gasteiger partial charge in [0.2, 0.25) is 5.91 Å². The van der Waals surface area contributed by atoms with Crippen LogP contribution >= 0.6 is 0 Å². The zero-order chi connectivity index (χ0) is 13.1. The van der Waals surface area contributed by atoms with E-state index < -0.39 is 11.7 Å². The lowest BCUT2D eigenvalue weighted by atomic mass is 10.00. The van der Waals surface area contributed by atoms with Gasteiger partial charge in [-0.05, 0) is 17.2 Å². The maximum absolute atomic E-state index is 14.0. The molecule has 1 amide bonds. The number of amides is 1. The molecule has 2 rings (SSSR count). The molecule has 0 heterocycles. The predicted molar refractivity (Wildman–Crippen MR) is 70.1 cm³/mol. The van der Waals surface area contributed by atoms with Crippen molar-refractivity contribution in [2.24, 2.45) is 5.73 Å². The van der Waals surface area contributed by atoms with Crippen LogP contribution in [0.4, 0.5) is 4.39 Å². The molecule has 2 aromatic carbocycles. The van der Waals surface area contributed by atoms with Crippen molar-refractivity contribution in [3.8, 4) is 11.1 Å². The molecular weight excluding hydrogens is 229 g/mol. The van der Waals surface area contributed by atoms with Crippen molar-refractivity contribution < 1.29 is 9.18 Å². The molecule has 0 spiro atoms. The average Bonchev–Trinajstić information content (AvgIpc) is 2.38. The summed E-state index contributed by atoms with van der Waals surface area (Å²) >= 11 is 0. The van der Waals surface area contributed by atoms with E-state index in [-0.39, 0.29) is 5.57 Å². The smallest absolute Gasteiger partial charge is 0.248 e. The number of benzene rings is 2. The first-order valence-corrected chi connectivity index (χ1v) is 5.43. The van der Waals surface area contributed by atoms with Gasteiger partial charge in [-0.15, -0.1) is 0 Å². The molecule has 2 aromatic rings. The molecule has 0 atom stereocenters. The number of halogens is 1. The maximum atomic E-state index is 14.0. The fourth-order valence-corrected chi connectivity index (χ4v) is 1.70. The Bertz CT molecular complexity index is 605. The van der Waals surface area contributed by atoms with Crippen LogP contribution in [0.3, 0.4) is 0 Å². The third-order valence-corrected chi connectivity index (χ3v) is 2.70. The SMILES string of the molecule is C=C(C(N)=O)c1ccc(-c2ccccc2)c(F)c1. The van der Waals surface area contributed by atoms with Gasteiger partial charge < -0.3 is 5.73 Å². The highest BCUT2D eigenvalue weighted by Gasteiger charge is 2.10. The van der Waals surface area contributed by atoms with Gasteiger partial charge in [0.25, 0.3) is 0 Å². The molecule has 0 saturated heterocycles. The lowest BCUT2D eigenvalue weighted by Gasteiger charge is -2.06. The van der Waals surface area contributed by atoms with E-state index in [1.165, 1.54) is 6.07 Å². The van der Waals surface area contributed by atoms with Gasteiger partial charge in [-0.1, -0.05) is 49.0 Å². The van der Waals surface area contributed by atoms with Crippen molar-refractivity contribution in [3.63, 3.8) is 0 Å². The summed E-state index contributed by atoms with van der Waals surface area (Å²) in [7, 11) is 0. The molecular formula is C15H12FNO. The quantitative estimate of drug-likeness (QED) is 0.825. The zero-order valence-corrected chi connectivity index (χ0v) is 9.69. The Morgan fingerprint density at radius 2 is 1.78 bits per heavy atom. The van der Waals surface area contributed by atoms with E-state index in [0.29, 0.717) is 11.1 Å². The number of rotatable bonds is 3. The number of nitrogens with two attached hydrogens (primary N) is 1. The zero-order valence-electron chi connectivity index (χ0n) is 9.69. The van der Waals surface area contributed by atoms with Crippen molar-refractivity contribution >= 4 is 11.5 Å². The molecule has 0 saturated carbocycles. The van der Waals surface area contributed by atoms with Crippen molar-refractivity contribution in [1.82, 2.24) is 0 Å². The predicted octanol–water partition coefficient (Wildman–Crippen LogP) is 2.99. The third kappa shape index (κ3) is 2.30. The molecule has 0 unspecified atom stereocenters. The van der Waals surface area contributed by atoms with Crippen molar-refractivity contribution in [1.29, 1.82) is 0 Å². The molecule has 3 heteroatoms. The Hall–Kier alpha value is -2.42. The number of hydrogen-bond donors (Lipinski definition) is 1. The third-order valence-electron chi connectivity index (χ3n) is 2.70. The van der Waals surface area contributed by atoms with Crippen LogP contribution in [-0.2, 0) is 4.79 Å². The van der Waals surface area contributed by atoms with Crippen LogP contribution in [0.2, 0.25) is 0 Å². The second-order valence-corrected chi connectivity index (χ2v) is 3.90. The van der Waals surface area contributed by atoms with Crippen LogP contribution in [0.25, 0.3) is 16.7 Å². The standard InChI is InChI=1S/C15H12FNO/c1-10(15(17)18)12-7-8-13(14(16)9-12)11-5-3-2-4-6-11/h2-9H,1H2,(H2,17,18). The van der Waals surface area contributed by atoms with Crippen molar-refractivity contribution in [2.75, 3.05) is 0 Å². The Morgan fingerprint density at radius 1 is 1.11 bits per heavy atom. The molecule has 2 nitrogen and oxygen atoms in total. The van der Waals surface area contributed by atoms with Crippen molar-refractivity contribution in [2.45, 2.75) is 0 Å². The fraction of sp³-hybridized carbons (Fsp3) is 0. The molecule has 0 aliphatic heterocycles. The molecule has 2 N–H and O–H groups in total. The van der Waals surface area contributed by atoms with Crippen LogP contribution < -0.4 is 5.73 Å². The van der Waals surface area contributed by atoms with Crippen LogP contribution in [0.15, 0.2) is 55.1 Å². The van der Waals surface area contributed by atoms with Crippen LogP contribution in [-0.4, -0.2) is 5.91 Å². The lowest BCUT2D eigenvalue weighted by Crippen LogP contribution is -2.12. The minimum absolute atomic E-state index is 0.105. The number of carbonyl (C=O) groups is 1. The topological polar surface area (TPSA) is 43.1 Å². The highest BCUT2D eigenvalue weighted by molar-refractivity contribution is 6.17. The van der Waals surface area contributed by atoms with Crippen LogP contribution in [0, 0.1) is 5.82 Å². The van der Waals surface area contributed by atoms with E-state index in [1.807, 2.05) is 30.3 Å². The van der Waals surface area contributed by atoms with Gasteiger partial charge in [-0.25, -0.2) is 4.39 Å². The number of hydrogen-bond acceptors (Lipinski definition) is 1. The van der Waals surface area contributed by atoms with Crippen molar-refractivity contribution in [3.05, 3.63) is 66.5 Å². The minimum Gasteiger partial charge on any atom is -0.366 e. The van der Waals surface area contributed by atoms with E-state index in [0.717, 1.165) is 5.56 Å². The van der Waals surface area contributed by atoms with Gasteiger partial charge in [0.1, 0.15) is 5.82 Å². The molecule has 0 bridgehead atoms. The van der Waals surface area contributed by atoms with E-state index in [4.69, 9.17) is 5.73 Å². The summed E-state index contributed by atoms with van der Waals surface area (Å²) in [6, 6.07) is 13.7. The van der Waals surface area contributed by atoms with E-state index in [2.05, 4.69) is 6.58 Å². The van der Waals surface area contributed by atoms with Crippen LogP contribution in [0.5, 0.6) is 0 Å². The fourth-order valence-electron chi connectivity index (χ4n) is 1.70. The summed E-state index contributed by atoms with van der Waals surface area (Å²) in [4.78, 5) is 11.0. The molecule has 0 aromatic heterocycles. The summed E-state index contributed by atoms with van der Waals surface area (Å²) in [5.74, 6) is -1.05. The number of primary amides is 1. The van der Waals surface area contributed by atoms with E-state index >= 15 is 0 Å². The molecule has 0 radical (unpaired) electrons. The van der Waals surface area contributed by atoms with Gasteiger partial charge in [-0.2, -0.15) is 0 Å². The first-order chi connectivity index (χ1) is 8.59. The summed E-state index contributed by atoms with van der Waals surface area (Å²) in [6.07, 6.45) is 0. The Labute approximate surface area is 105 Å². The van der Waals surface area contributed by atoms with E-state index in [9.17, 15) is 9.18 Å². The lowest BCUT2D eigenvalue weighted by molar-refractivity contribution is -0.112. The Morgan fingerprint density at radius 3 is 2.33 bits per heavy atom.